The number of aliphatic hydroxyl groups excluding tert-OH is 1. The van der Waals surface area contributed by atoms with Gasteiger partial charge in [0.25, 0.3) is 0 Å². The summed E-state index contributed by atoms with van der Waals surface area (Å²) in [4.78, 5) is -0.733. The number of benzene rings is 1. The minimum Gasteiger partial charge on any atom is -0.393 e. The van der Waals surface area contributed by atoms with E-state index < -0.39 is 32.8 Å². The Bertz CT molecular complexity index is 578. The molecule has 2 rings (SSSR count). The van der Waals surface area contributed by atoms with Crippen molar-refractivity contribution in [3.8, 4) is 0 Å². The maximum atomic E-state index is 12.9. The van der Waals surface area contributed by atoms with Gasteiger partial charge in [0.15, 0.2) is 0 Å². The molecule has 1 aliphatic rings. The van der Waals surface area contributed by atoms with Crippen LogP contribution in [0.25, 0.3) is 0 Å². The van der Waals surface area contributed by atoms with Crippen molar-refractivity contribution in [3.05, 3.63) is 29.8 Å². The molecule has 0 saturated carbocycles. The van der Waals surface area contributed by atoms with Gasteiger partial charge < -0.3 is 5.11 Å². The van der Waals surface area contributed by atoms with Gasteiger partial charge in [-0.1, -0.05) is 12.1 Å². The Kier molecular flexibility index (Phi) is 4.08. The summed E-state index contributed by atoms with van der Waals surface area (Å²) in [5.41, 5.74) is -1.16. The van der Waals surface area contributed by atoms with Gasteiger partial charge in [0.2, 0.25) is 10.0 Å². The van der Waals surface area contributed by atoms with Crippen LogP contribution in [0.4, 0.5) is 13.2 Å². The van der Waals surface area contributed by atoms with Crippen molar-refractivity contribution in [2.45, 2.75) is 30.0 Å². The first-order valence-electron chi connectivity index (χ1n) is 6.07. The molecule has 1 N–H and O–H groups in total. The van der Waals surface area contributed by atoms with Crippen LogP contribution in [0.3, 0.4) is 0 Å². The van der Waals surface area contributed by atoms with E-state index in [1.54, 1.807) is 0 Å². The van der Waals surface area contributed by atoms with E-state index in [-0.39, 0.29) is 25.9 Å². The lowest BCUT2D eigenvalue weighted by molar-refractivity contribution is -0.139. The van der Waals surface area contributed by atoms with Crippen LogP contribution in [0.1, 0.15) is 18.4 Å². The Morgan fingerprint density at radius 2 is 1.70 bits per heavy atom. The summed E-state index contributed by atoms with van der Waals surface area (Å²) in [5.74, 6) is 0. The van der Waals surface area contributed by atoms with Crippen molar-refractivity contribution in [2.24, 2.45) is 0 Å². The molecule has 1 aromatic carbocycles. The third-order valence-electron chi connectivity index (χ3n) is 3.23. The molecular weight excluding hydrogens is 295 g/mol. The molecule has 0 amide bonds. The largest absolute Gasteiger partial charge is 0.417 e. The second kappa shape index (κ2) is 5.34. The Morgan fingerprint density at radius 1 is 1.15 bits per heavy atom. The van der Waals surface area contributed by atoms with Crippen LogP contribution in [0.5, 0.6) is 0 Å². The highest BCUT2D eigenvalue weighted by molar-refractivity contribution is 7.89. The van der Waals surface area contributed by atoms with Gasteiger partial charge in [-0.3, -0.25) is 0 Å². The molecule has 0 unspecified atom stereocenters. The smallest absolute Gasteiger partial charge is 0.393 e. The fraction of sp³-hybridized carbons (Fsp3) is 0.500. The van der Waals surface area contributed by atoms with Crippen molar-refractivity contribution < 1.29 is 26.7 Å². The predicted molar refractivity (Wildman–Crippen MR) is 65.4 cm³/mol. The van der Waals surface area contributed by atoms with E-state index in [0.29, 0.717) is 0 Å². The molecular formula is C12H14F3NO3S. The molecule has 112 valence electrons. The quantitative estimate of drug-likeness (QED) is 0.907. The third kappa shape index (κ3) is 2.97. The maximum absolute atomic E-state index is 12.9. The van der Waals surface area contributed by atoms with Crippen molar-refractivity contribution >= 4 is 10.0 Å². The van der Waals surface area contributed by atoms with Gasteiger partial charge in [0.1, 0.15) is 0 Å². The zero-order valence-electron chi connectivity index (χ0n) is 10.5. The normalized spacial score (nSPS) is 19.2. The number of alkyl halides is 3. The minimum atomic E-state index is -4.72. The fourth-order valence-electron chi connectivity index (χ4n) is 2.15. The number of aliphatic hydroxyl groups is 1. The number of sulfonamides is 1. The van der Waals surface area contributed by atoms with E-state index in [9.17, 15) is 26.7 Å². The van der Waals surface area contributed by atoms with E-state index in [0.717, 1.165) is 22.5 Å². The highest BCUT2D eigenvalue weighted by Gasteiger charge is 2.39. The Labute approximate surface area is 114 Å². The summed E-state index contributed by atoms with van der Waals surface area (Å²) in [6, 6.07) is 4.14. The van der Waals surface area contributed by atoms with Crippen molar-refractivity contribution in [3.63, 3.8) is 0 Å². The van der Waals surface area contributed by atoms with Gasteiger partial charge in [-0.25, -0.2) is 8.42 Å². The van der Waals surface area contributed by atoms with Crippen molar-refractivity contribution in [1.29, 1.82) is 0 Å². The van der Waals surface area contributed by atoms with Crippen LogP contribution in [0.15, 0.2) is 29.2 Å². The van der Waals surface area contributed by atoms with Gasteiger partial charge in [0, 0.05) is 13.1 Å². The summed E-state index contributed by atoms with van der Waals surface area (Å²) in [6.07, 6.45) is -4.86. The second-order valence-electron chi connectivity index (χ2n) is 4.63. The first-order chi connectivity index (χ1) is 9.23. The van der Waals surface area contributed by atoms with Gasteiger partial charge >= 0.3 is 6.18 Å². The topological polar surface area (TPSA) is 57.6 Å². The van der Waals surface area contributed by atoms with Crippen LogP contribution in [0.2, 0.25) is 0 Å². The summed E-state index contributed by atoms with van der Waals surface area (Å²) in [7, 11) is -4.20. The molecule has 0 bridgehead atoms. The van der Waals surface area contributed by atoms with Crippen LogP contribution in [-0.2, 0) is 16.2 Å². The highest BCUT2D eigenvalue weighted by atomic mass is 32.2. The molecule has 0 aromatic heterocycles. The second-order valence-corrected chi connectivity index (χ2v) is 6.54. The predicted octanol–water partition coefficient (Wildman–Crippen LogP) is 1.85. The molecule has 0 aliphatic carbocycles. The third-order valence-corrected chi connectivity index (χ3v) is 5.19. The van der Waals surface area contributed by atoms with Crippen molar-refractivity contribution in [2.75, 3.05) is 13.1 Å². The highest BCUT2D eigenvalue weighted by Crippen LogP contribution is 2.35. The number of halogens is 3. The SMILES string of the molecule is O=S(=O)(c1ccccc1C(F)(F)F)N1CCC(O)CC1. The van der Waals surface area contributed by atoms with Crippen LogP contribution in [-0.4, -0.2) is 37.0 Å². The van der Waals surface area contributed by atoms with E-state index in [2.05, 4.69) is 0 Å². The lowest BCUT2D eigenvalue weighted by Gasteiger charge is -2.29. The number of piperidine rings is 1. The number of hydrogen-bond donors (Lipinski definition) is 1. The van der Waals surface area contributed by atoms with E-state index in [1.807, 2.05) is 0 Å². The number of nitrogens with zero attached hydrogens (tertiary/aromatic N) is 1. The molecule has 0 atom stereocenters. The zero-order valence-corrected chi connectivity index (χ0v) is 11.3. The van der Waals surface area contributed by atoms with Crippen LogP contribution >= 0.6 is 0 Å². The van der Waals surface area contributed by atoms with Gasteiger partial charge in [-0.05, 0) is 25.0 Å². The summed E-state index contributed by atoms with van der Waals surface area (Å²) >= 11 is 0. The molecule has 4 nitrogen and oxygen atoms in total. The monoisotopic (exact) mass is 309 g/mol. The van der Waals surface area contributed by atoms with Gasteiger partial charge in [-0.2, -0.15) is 17.5 Å². The Morgan fingerprint density at radius 3 is 2.25 bits per heavy atom. The van der Waals surface area contributed by atoms with E-state index in [4.69, 9.17) is 0 Å². The Balaban J connectivity index is 2.40. The summed E-state index contributed by atoms with van der Waals surface area (Å²) in [6.45, 7) is 0.0470. The lowest BCUT2D eigenvalue weighted by atomic mass is 10.1. The molecule has 8 heteroatoms. The van der Waals surface area contributed by atoms with Crippen LogP contribution < -0.4 is 0 Å². The first kappa shape index (κ1) is 15.3. The van der Waals surface area contributed by atoms with Crippen molar-refractivity contribution in [1.82, 2.24) is 4.31 Å². The molecule has 1 aromatic rings. The number of hydrogen-bond acceptors (Lipinski definition) is 3. The fourth-order valence-corrected chi connectivity index (χ4v) is 3.83. The molecule has 1 aliphatic heterocycles. The van der Waals surface area contributed by atoms with Crippen LogP contribution in [0, 0.1) is 0 Å². The zero-order chi connectivity index (χ0) is 15.0. The lowest BCUT2D eigenvalue weighted by Crippen LogP contribution is -2.40. The first-order valence-corrected chi connectivity index (χ1v) is 7.51. The summed E-state index contributed by atoms with van der Waals surface area (Å²) < 4.78 is 64.3. The average Bonchev–Trinajstić information content (AvgIpc) is 2.38. The average molecular weight is 309 g/mol. The minimum absolute atomic E-state index is 0.0235. The molecule has 1 fully saturated rings. The summed E-state index contributed by atoms with van der Waals surface area (Å²) in [5, 5.41) is 9.35. The molecule has 0 spiro atoms. The molecule has 1 saturated heterocycles. The number of rotatable bonds is 2. The molecule has 0 radical (unpaired) electrons. The van der Waals surface area contributed by atoms with Gasteiger partial charge in [0.05, 0.1) is 16.6 Å². The van der Waals surface area contributed by atoms with E-state index >= 15 is 0 Å². The maximum Gasteiger partial charge on any atom is 0.417 e. The van der Waals surface area contributed by atoms with Gasteiger partial charge in [-0.15, -0.1) is 0 Å². The Hall–Kier alpha value is -1.12. The standard InChI is InChI=1S/C12H14F3NO3S/c13-12(14,15)10-3-1-2-4-11(10)20(18,19)16-7-5-9(17)6-8-16/h1-4,9,17H,5-8H2. The molecule has 20 heavy (non-hydrogen) atoms. The molecule has 1 heterocycles. The van der Waals surface area contributed by atoms with E-state index in [1.165, 1.54) is 6.07 Å².